The molecule has 3 saturated carbocycles. The first-order chi connectivity index (χ1) is 17.7. The largest absolute Gasteiger partial charge is 0.410 e. The van der Waals surface area contributed by atoms with Crippen molar-refractivity contribution in [3.05, 3.63) is 35.5 Å². The molecule has 3 rings (SSSR count). The Bertz CT molecular complexity index is 903. The average Bonchev–Trinajstić information content (AvgIpc) is 3.15. The molecule has 3 aliphatic carbocycles. The number of hydrogen-bond donors (Lipinski definition) is 0. The maximum atomic E-state index is 7.06. The number of allylic oxidation sites excluding steroid dienone is 3. The second kappa shape index (κ2) is 11.7. The van der Waals surface area contributed by atoms with Crippen molar-refractivity contribution < 1.29 is 8.85 Å². The number of hydrogen-bond acceptors (Lipinski definition) is 2. The molecule has 0 aliphatic heterocycles. The fraction of sp³-hybridized carbons (Fsp3) is 0.829. The maximum Gasteiger partial charge on any atom is 0.192 e. The third kappa shape index (κ3) is 6.97. The average molecular weight is 573 g/mol. The lowest BCUT2D eigenvalue weighted by Crippen LogP contribution is -2.49. The van der Waals surface area contributed by atoms with Crippen LogP contribution in [0.3, 0.4) is 0 Å². The van der Waals surface area contributed by atoms with E-state index in [-0.39, 0.29) is 22.3 Å². The van der Waals surface area contributed by atoms with Crippen molar-refractivity contribution >= 4 is 16.6 Å². The molecule has 0 heterocycles. The van der Waals surface area contributed by atoms with E-state index >= 15 is 0 Å². The Morgan fingerprint density at radius 3 is 1.90 bits per heavy atom. The zero-order chi connectivity index (χ0) is 29.6. The van der Waals surface area contributed by atoms with Crippen LogP contribution >= 0.6 is 0 Å². The van der Waals surface area contributed by atoms with Gasteiger partial charge in [0.05, 0.1) is 12.2 Å². The van der Waals surface area contributed by atoms with Crippen LogP contribution in [0.2, 0.25) is 36.3 Å². The van der Waals surface area contributed by atoms with Crippen molar-refractivity contribution in [3.8, 4) is 0 Å². The van der Waals surface area contributed by atoms with Gasteiger partial charge in [0, 0.05) is 0 Å². The zero-order valence-electron chi connectivity index (χ0n) is 28.2. The van der Waals surface area contributed by atoms with Gasteiger partial charge in [0.2, 0.25) is 0 Å². The molecule has 0 saturated heterocycles. The molecule has 3 fully saturated rings. The summed E-state index contributed by atoms with van der Waals surface area (Å²) in [5.74, 6) is 2.48. The molecule has 0 aromatic carbocycles. The predicted octanol–water partition coefficient (Wildman–Crippen LogP) is 11.2. The topological polar surface area (TPSA) is 18.5 Å². The summed E-state index contributed by atoms with van der Waals surface area (Å²) in [7, 11) is -3.88. The van der Waals surface area contributed by atoms with Crippen LogP contribution in [0, 0.1) is 23.2 Å². The molecule has 39 heavy (non-hydrogen) atoms. The molecule has 0 aromatic heterocycles. The van der Waals surface area contributed by atoms with E-state index in [0.717, 1.165) is 30.6 Å². The molecule has 4 heteroatoms. The quantitative estimate of drug-likeness (QED) is 0.223. The van der Waals surface area contributed by atoms with Crippen LogP contribution in [0.25, 0.3) is 0 Å². The van der Waals surface area contributed by atoms with Crippen LogP contribution in [0.5, 0.6) is 0 Å². The Balaban J connectivity index is 1.92. The predicted molar refractivity (Wildman–Crippen MR) is 176 cm³/mol. The molecular formula is C35H64O2Si2. The van der Waals surface area contributed by atoms with Crippen molar-refractivity contribution in [2.24, 2.45) is 23.2 Å². The Kier molecular flexibility index (Phi) is 9.91. The molecule has 224 valence electrons. The fourth-order valence-corrected chi connectivity index (χ4v) is 9.79. The SMILES string of the molecule is C=C1[C@H](O[Si](C)(C)C(C)(C)C)CC(=CC=C2CCC[C@@]3(C)C2CC[C@@H]3[C@@H](C)CC)C[C@H]1O[Si](C)(C)C(C)(C)C. The molecule has 0 radical (unpaired) electrons. The molecule has 0 N–H and O–H groups in total. The lowest BCUT2D eigenvalue weighted by Gasteiger charge is -2.46. The Labute approximate surface area is 245 Å². The van der Waals surface area contributed by atoms with E-state index in [4.69, 9.17) is 8.85 Å². The first-order valence-corrected chi connectivity index (χ1v) is 22.0. The minimum absolute atomic E-state index is 0.0527. The molecular weight excluding hydrogens is 509 g/mol. The Morgan fingerprint density at radius 1 is 0.923 bits per heavy atom. The summed E-state index contributed by atoms with van der Waals surface area (Å²) >= 11 is 0. The molecule has 0 aromatic rings. The minimum Gasteiger partial charge on any atom is -0.410 e. The van der Waals surface area contributed by atoms with Gasteiger partial charge >= 0.3 is 0 Å². The van der Waals surface area contributed by atoms with Crippen LogP contribution in [0.4, 0.5) is 0 Å². The van der Waals surface area contributed by atoms with Gasteiger partial charge in [-0.2, -0.15) is 0 Å². The molecule has 2 nitrogen and oxygen atoms in total. The Hall–Kier alpha value is -0.426. The van der Waals surface area contributed by atoms with Gasteiger partial charge in [-0.3, -0.25) is 0 Å². The summed E-state index contributed by atoms with van der Waals surface area (Å²) in [5, 5.41) is 0.348. The Morgan fingerprint density at radius 2 is 1.44 bits per heavy atom. The second-order valence-corrected chi connectivity index (χ2v) is 26.3. The summed E-state index contributed by atoms with van der Waals surface area (Å²) < 4.78 is 14.1. The summed E-state index contributed by atoms with van der Waals surface area (Å²) in [6.45, 7) is 35.7. The van der Waals surface area contributed by atoms with Gasteiger partial charge in [0.15, 0.2) is 16.6 Å². The van der Waals surface area contributed by atoms with E-state index in [0.29, 0.717) is 5.41 Å². The third-order valence-corrected chi connectivity index (χ3v) is 21.1. The van der Waals surface area contributed by atoms with Gasteiger partial charge in [-0.05, 0) is 110 Å². The van der Waals surface area contributed by atoms with Crippen molar-refractivity contribution in [1.29, 1.82) is 0 Å². The van der Waals surface area contributed by atoms with E-state index < -0.39 is 16.6 Å². The van der Waals surface area contributed by atoms with Crippen LogP contribution in [0.15, 0.2) is 35.5 Å². The molecule has 0 amide bonds. The standard InChI is InChI=1S/C35H64O2Si2/c1-15-25(2)29-20-21-30-28(17-16-22-35(29,30)10)19-18-27-23-31(36-38(11,12)33(4,5)6)26(3)32(24-27)37-39(13,14)34(7,8)9/h18-19,25,29-32H,3,15-17,20-24H2,1-2,4-14H3/t25-,29+,30?,31+,32+,35+/m0/s1. The molecule has 6 atom stereocenters. The van der Waals surface area contributed by atoms with Crippen molar-refractivity contribution in [2.45, 2.75) is 162 Å². The minimum atomic E-state index is -1.94. The van der Waals surface area contributed by atoms with E-state index in [1.165, 1.54) is 49.7 Å². The van der Waals surface area contributed by atoms with Crippen molar-refractivity contribution in [3.63, 3.8) is 0 Å². The molecule has 1 unspecified atom stereocenters. The lowest BCUT2D eigenvalue weighted by atomic mass is 9.61. The summed E-state index contributed by atoms with van der Waals surface area (Å²) in [4.78, 5) is 0. The highest BCUT2D eigenvalue weighted by atomic mass is 28.4. The number of fused-ring (bicyclic) bond motifs is 1. The van der Waals surface area contributed by atoms with Crippen molar-refractivity contribution in [2.75, 3.05) is 0 Å². The van der Waals surface area contributed by atoms with Gasteiger partial charge in [-0.25, -0.2) is 0 Å². The van der Waals surface area contributed by atoms with Gasteiger partial charge in [0.1, 0.15) is 0 Å². The van der Waals surface area contributed by atoms with Gasteiger partial charge in [-0.15, -0.1) is 0 Å². The molecule has 0 bridgehead atoms. The number of rotatable bonds is 7. The highest BCUT2D eigenvalue weighted by Crippen LogP contribution is 2.59. The highest BCUT2D eigenvalue weighted by Gasteiger charge is 2.50. The molecule has 0 spiro atoms. The van der Waals surface area contributed by atoms with E-state index in [1.807, 2.05) is 0 Å². The second-order valence-electron chi connectivity index (χ2n) is 16.8. The zero-order valence-corrected chi connectivity index (χ0v) is 30.2. The first-order valence-electron chi connectivity index (χ1n) is 16.2. The third-order valence-electron chi connectivity index (χ3n) is 12.1. The van der Waals surface area contributed by atoms with E-state index in [2.05, 4.69) is 107 Å². The van der Waals surface area contributed by atoms with E-state index in [1.54, 1.807) is 5.57 Å². The smallest absolute Gasteiger partial charge is 0.192 e. The van der Waals surface area contributed by atoms with Crippen LogP contribution in [-0.4, -0.2) is 28.8 Å². The van der Waals surface area contributed by atoms with E-state index in [9.17, 15) is 0 Å². The van der Waals surface area contributed by atoms with Crippen LogP contribution in [-0.2, 0) is 8.85 Å². The summed E-state index contributed by atoms with van der Waals surface area (Å²) in [6, 6.07) is 0. The summed E-state index contributed by atoms with van der Waals surface area (Å²) in [5.41, 5.74) is 4.87. The monoisotopic (exact) mass is 572 g/mol. The first kappa shape index (κ1) is 33.1. The maximum absolute atomic E-state index is 7.06. The van der Waals surface area contributed by atoms with Gasteiger partial charge < -0.3 is 8.85 Å². The fourth-order valence-electron chi connectivity index (χ4n) is 7.19. The van der Waals surface area contributed by atoms with Crippen molar-refractivity contribution in [1.82, 2.24) is 0 Å². The van der Waals surface area contributed by atoms with Gasteiger partial charge in [-0.1, -0.05) is 98.6 Å². The van der Waals surface area contributed by atoms with Crippen LogP contribution < -0.4 is 0 Å². The lowest BCUT2D eigenvalue weighted by molar-refractivity contribution is 0.0961. The summed E-state index contributed by atoms with van der Waals surface area (Å²) in [6.07, 6.45) is 15.2. The van der Waals surface area contributed by atoms with Crippen LogP contribution in [0.1, 0.15) is 114 Å². The molecule has 3 aliphatic rings. The van der Waals surface area contributed by atoms with Gasteiger partial charge in [0.25, 0.3) is 0 Å². The normalized spacial score (nSPS) is 32.9. The highest BCUT2D eigenvalue weighted by molar-refractivity contribution is 6.74.